The van der Waals surface area contributed by atoms with Gasteiger partial charge in [0.2, 0.25) is 0 Å². The second-order valence-corrected chi connectivity index (χ2v) is 2.65. The number of aliphatic carboxylic acids is 4. The van der Waals surface area contributed by atoms with Gasteiger partial charge in [-0.25, -0.2) is 0 Å². The number of hydrogen-bond donors (Lipinski definition) is 6. The van der Waals surface area contributed by atoms with E-state index in [1.165, 1.54) is 0 Å². The number of carboxylic acids is 4. The van der Waals surface area contributed by atoms with E-state index in [-0.39, 0.29) is 43.3 Å². The Morgan fingerprint density at radius 2 is 0.727 bits per heavy atom. The van der Waals surface area contributed by atoms with Crippen LogP contribution in [0.25, 0.3) is 0 Å². The first-order valence-corrected chi connectivity index (χ1v) is 5.03. The first-order valence-electron chi connectivity index (χ1n) is 5.03. The van der Waals surface area contributed by atoms with Gasteiger partial charge >= 0.3 is 23.1 Å². The van der Waals surface area contributed by atoms with Crippen molar-refractivity contribution in [1.29, 1.82) is 0 Å². The molecule has 0 unspecified atom stereocenters. The fraction of sp³-hybridized carbons (Fsp3) is 0.600. The van der Waals surface area contributed by atoms with Crippen LogP contribution < -0.4 is 11.5 Å². The van der Waals surface area contributed by atoms with Gasteiger partial charge in [0.1, 0.15) is 0 Å². The predicted molar refractivity (Wildman–Crippen MR) is 89.3 cm³/mol. The fourth-order valence-corrected chi connectivity index (χ4v) is 0. The second kappa shape index (κ2) is 42.7. The van der Waals surface area contributed by atoms with E-state index in [0.717, 1.165) is 27.7 Å². The number of carboxylic acid groups (broad SMARTS) is 4. The topological polar surface area (TPSA) is 201 Å². The molecule has 0 amide bonds. The van der Waals surface area contributed by atoms with E-state index in [1.807, 2.05) is 0 Å². The minimum absolute atomic E-state index is 0. The molecule has 0 aliphatic rings. The van der Waals surface area contributed by atoms with E-state index in [0.29, 0.717) is 13.1 Å². The second-order valence-electron chi connectivity index (χ2n) is 2.65. The van der Waals surface area contributed by atoms with E-state index in [9.17, 15) is 0 Å². The molecule has 0 rings (SSSR count). The molecule has 12 heteroatoms. The van der Waals surface area contributed by atoms with Gasteiger partial charge in [0.15, 0.2) is 17.4 Å². The third-order valence-corrected chi connectivity index (χ3v) is 0.167. The minimum Gasteiger partial charge on any atom is -1.00 e. The van der Waals surface area contributed by atoms with Gasteiger partial charge in [-0.2, -0.15) is 0 Å². The first-order chi connectivity index (χ1) is 8.84. The van der Waals surface area contributed by atoms with Gasteiger partial charge in [0, 0.05) is 40.8 Å². The summed E-state index contributed by atoms with van der Waals surface area (Å²) in [6.07, 6.45) is 0. The Bertz CT molecular complexity index is 211. The predicted octanol–water partition coefficient (Wildman–Crippen LogP) is -2.07. The van der Waals surface area contributed by atoms with Crippen molar-refractivity contribution < 1.29 is 42.5 Å². The fourth-order valence-electron chi connectivity index (χ4n) is 0. The van der Waals surface area contributed by atoms with Crippen molar-refractivity contribution >= 4 is 64.3 Å². The molecule has 8 N–H and O–H groups in total. The maximum absolute atomic E-state index is 9.00. The Morgan fingerprint density at radius 1 is 0.682 bits per heavy atom. The molecule has 0 saturated carbocycles. The number of carbonyl (C=O) groups is 4. The molecule has 0 saturated heterocycles. The molecule has 0 aliphatic carbocycles. The van der Waals surface area contributed by atoms with Gasteiger partial charge in [0.05, 0.1) is 0 Å². The smallest absolute Gasteiger partial charge is 1.00 e. The summed E-state index contributed by atoms with van der Waals surface area (Å²) in [4.78, 5) is 36.0. The Labute approximate surface area is 159 Å². The molecule has 0 atom stereocenters. The maximum Gasteiger partial charge on any atom is 2.00 e. The van der Waals surface area contributed by atoms with Crippen LogP contribution in [0.4, 0.5) is 0 Å². The number of rotatable bonds is 1. The zero-order valence-corrected chi connectivity index (χ0v) is 14.1. The van der Waals surface area contributed by atoms with Crippen molar-refractivity contribution in [1.82, 2.24) is 0 Å². The van der Waals surface area contributed by atoms with Crippen LogP contribution in [0.2, 0.25) is 0 Å². The Morgan fingerprint density at radius 3 is 0.727 bits per heavy atom. The van der Waals surface area contributed by atoms with E-state index in [1.54, 1.807) is 0 Å². The number of nitrogens with two attached hydrogens (primary N) is 2. The van der Waals surface area contributed by atoms with Crippen LogP contribution in [0.5, 0.6) is 0 Å². The molecule has 132 valence electrons. The summed E-state index contributed by atoms with van der Waals surface area (Å²) in [7, 11) is 0. The monoisotopic (exact) mass is 356 g/mol. The van der Waals surface area contributed by atoms with Gasteiger partial charge in [-0.1, -0.05) is 0 Å². The largest absolute Gasteiger partial charge is 2.00 e. The summed E-state index contributed by atoms with van der Waals surface area (Å²) < 4.78 is 0. The van der Waals surface area contributed by atoms with Crippen molar-refractivity contribution in [3.8, 4) is 0 Å². The van der Waals surface area contributed by atoms with E-state index < -0.39 is 23.9 Å². The zero-order chi connectivity index (χ0) is 17.7. The van der Waals surface area contributed by atoms with Gasteiger partial charge in [-0.05, 0) is 0 Å². The van der Waals surface area contributed by atoms with Crippen molar-refractivity contribution in [2.45, 2.75) is 27.7 Å². The standard InChI is InChI=1S/C2H8N2.4C2H4O2.Al.Mg.5H/c3-1-2-4;4*1-2(3)4;;;;;;;/h1-4H2;4*1H3,(H,3,4);;;;;;;/q;;;;;;+2;;;;2*-1. The summed E-state index contributed by atoms with van der Waals surface area (Å²) in [6, 6.07) is 0. The van der Waals surface area contributed by atoms with E-state index in [2.05, 4.69) is 0 Å². The summed E-state index contributed by atoms with van der Waals surface area (Å²) >= 11 is 0. The third-order valence-electron chi connectivity index (χ3n) is 0.167. The maximum atomic E-state index is 9.00. The molecule has 0 aromatic carbocycles. The van der Waals surface area contributed by atoms with Crippen LogP contribution in [-0.2, 0) is 19.2 Å². The molecule has 0 aliphatic heterocycles. The molecule has 0 fully saturated rings. The average molecular weight is 357 g/mol. The van der Waals surface area contributed by atoms with Crippen LogP contribution in [-0.4, -0.2) is 97.8 Å². The van der Waals surface area contributed by atoms with Crippen LogP contribution in [0.3, 0.4) is 0 Å². The van der Waals surface area contributed by atoms with Crippen molar-refractivity contribution in [2.24, 2.45) is 11.5 Å². The molecule has 10 nitrogen and oxygen atoms in total. The molecule has 0 aromatic heterocycles. The first kappa shape index (κ1) is 42.9. The van der Waals surface area contributed by atoms with Crippen molar-refractivity contribution in [2.75, 3.05) is 13.1 Å². The Hall–Kier alpha value is -0.901. The van der Waals surface area contributed by atoms with Crippen LogP contribution in [0.15, 0.2) is 0 Å². The molecular formula is C10H29AlMgN2O8. The SMILES string of the molecule is CC(=O)O.CC(=O)O.CC(=O)O.CC(=O)O.NCCN.[AlH3].[H-].[H-].[Mg+2]. The van der Waals surface area contributed by atoms with Gasteiger partial charge in [0.25, 0.3) is 23.9 Å². The van der Waals surface area contributed by atoms with Crippen molar-refractivity contribution in [3.63, 3.8) is 0 Å². The normalized spacial score (nSPS) is 5.91. The summed E-state index contributed by atoms with van der Waals surface area (Å²) in [5, 5.41) is 29.7. The van der Waals surface area contributed by atoms with E-state index in [4.69, 9.17) is 51.1 Å². The molecule has 22 heavy (non-hydrogen) atoms. The molecule has 0 bridgehead atoms. The summed E-state index contributed by atoms with van der Waals surface area (Å²) in [5.41, 5.74) is 9.81. The van der Waals surface area contributed by atoms with E-state index >= 15 is 0 Å². The molecule has 0 radical (unpaired) electrons. The van der Waals surface area contributed by atoms with Gasteiger partial charge in [-0.3, -0.25) is 19.2 Å². The number of hydrogen-bond acceptors (Lipinski definition) is 6. The van der Waals surface area contributed by atoms with Crippen LogP contribution in [0.1, 0.15) is 30.5 Å². The molecular weight excluding hydrogens is 327 g/mol. The quantitative estimate of drug-likeness (QED) is 0.283. The third kappa shape index (κ3) is 642000. The van der Waals surface area contributed by atoms with Gasteiger partial charge < -0.3 is 34.7 Å². The minimum atomic E-state index is -0.833. The van der Waals surface area contributed by atoms with Gasteiger partial charge in [-0.15, -0.1) is 0 Å². The van der Waals surface area contributed by atoms with Crippen LogP contribution >= 0.6 is 0 Å². The zero-order valence-electron chi connectivity index (χ0n) is 14.7. The summed E-state index contributed by atoms with van der Waals surface area (Å²) in [6.45, 7) is 5.53. The Balaban J connectivity index is -0.0000000161. The van der Waals surface area contributed by atoms with Crippen LogP contribution in [0, 0.1) is 0 Å². The average Bonchev–Trinajstić information content (AvgIpc) is 2.13. The molecule has 0 heterocycles. The Kier molecular flexibility index (Phi) is 83.3. The van der Waals surface area contributed by atoms with Crippen molar-refractivity contribution in [3.05, 3.63) is 0 Å². The molecule has 0 aromatic rings. The molecule has 0 spiro atoms. The summed E-state index contributed by atoms with van der Waals surface area (Å²) in [5.74, 6) is -3.33.